The number of para-hydroxylation sites is 1. The van der Waals surface area contributed by atoms with Crippen molar-refractivity contribution >= 4 is 11.6 Å². The van der Waals surface area contributed by atoms with Gasteiger partial charge in [-0.1, -0.05) is 29.8 Å². The van der Waals surface area contributed by atoms with Crippen LogP contribution >= 0.6 is 11.6 Å². The molecule has 1 aliphatic rings. The lowest BCUT2D eigenvalue weighted by Gasteiger charge is -2.17. The summed E-state index contributed by atoms with van der Waals surface area (Å²) >= 11 is 6.22. The number of halogens is 1. The molecule has 0 saturated carbocycles. The average molecular weight is 291 g/mol. The van der Waals surface area contributed by atoms with Crippen molar-refractivity contribution in [2.24, 2.45) is 0 Å². The van der Waals surface area contributed by atoms with Crippen LogP contribution in [0.4, 0.5) is 0 Å². The van der Waals surface area contributed by atoms with Crippen LogP contribution in [-0.4, -0.2) is 23.7 Å². The summed E-state index contributed by atoms with van der Waals surface area (Å²) in [7, 11) is 1.66. The van der Waals surface area contributed by atoms with Gasteiger partial charge >= 0.3 is 0 Å². The molecule has 1 aromatic heterocycles. The van der Waals surface area contributed by atoms with Crippen LogP contribution in [0.3, 0.4) is 0 Å². The van der Waals surface area contributed by atoms with Gasteiger partial charge in [-0.05, 0) is 6.07 Å². The standard InChI is InChI=1S/C15H15ClN2O2/c1-19-13-5-3-2-4-10(13)8-14-17-12-6-7-20-9-11(12)15(16)18-14/h2-5H,6-9H2,1H3. The number of aromatic nitrogens is 2. The topological polar surface area (TPSA) is 44.2 Å². The number of fused-ring (bicyclic) bond motifs is 1. The Labute approximate surface area is 122 Å². The highest BCUT2D eigenvalue weighted by Gasteiger charge is 2.17. The van der Waals surface area contributed by atoms with Crippen LogP contribution in [0.1, 0.15) is 22.6 Å². The predicted molar refractivity (Wildman–Crippen MR) is 76.2 cm³/mol. The molecule has 0 atom stereocenters. The summed E-state index contributed by atoms with van der Waals surface area (Å²) in [5, 5.41) is 0.500. The van der Waals surface area contributed by atoms with E-state index >= 15 is 0 Å². The van der Waals surface area contributed by atoms with Gasteiger partial charge in [0.25, 0.3) is 0 Å². The summed E-state index contributed by atoms with van der Waals surface area (Å²) in [5.41, 5.74) is 2.97. The molecule has 0 aliphatic carbocycles. The molecule has 0 bridgehead atoms. The second-order valence-corrected chi connectivity index (χ2v) is 5.01. The molecule has 3 rings (SSSR count). The Morgan fingerprint density at radius 1 is 1.30 bits per heavy atom. The highest BCUT2D eigenvalue weighted by Crippen LogP contribution is 2.24. The van der Waals surface area contributed by atoms with Crippen LogP contribution in [0, 0.1) is 0 Å². The first-order valence-electron chi connectivity index (χ1n) is 6.51. The predicted octanol–water partition coefficient (Wildman–Crippen LogP) is 2.80. The molecule has 0 N–H and O–H groups in total. The van der Waals surface area contributed by atoms with Gasteiger partial charge in [0.2, 0.25) is 0 Å². The second kappa shape index (κ2) is 5.77. The van der Waals surface area contributed by atoms with Crippen molar-refractivity contribution in [1.29, 1.82) is 0 Å². The van der Waals surface area contributed by atoms with E-state index in [0.717, 1.165) is 34.8 Å². The maximum Gasteiger partial charge on any atom is 0.138 e. The second-order valence-electron chi connectivity index (χ2n) is 4.65. The van der Waals surface area contributed by atoms with E-state index in [9.17, 15) is 0 Å². The molecular weight excluding hydrogens is 276 g/mol. The average Bonchev–Trinajstić information content (AvgIpc) is 2.48. The molecule has 0 amide bonds. The number of methoxy groups -OCH3 is 1. The van der Waals surface area contributed by atoms with Crippen LogP contribution in [0.5, 0.6) is 5.75 Å². The molecule has 0 radical (unpaired) electrons. The van der Waals surface area contributed by atoms with Crippen molar-refractivity contribution < 1.29 is 9.47 Å². The third-order valence-corrected chi connectivity index (χ3v) is 3.67. The van der Waals surface area contributed by atoms with Crippen molar-refractivity contribution in [3.05, 3.63) is 52.1 Å². The maximum absolute atomic E-state index is 6.22. The third kappa shape index (κ3) is 2.62. The Hall–Kier alpha value is -1.65. The van der Waals surface area contributed by atoms with Crippen LogP contribution in [0.15, 0.2) is 24.3 Å². The highest BCUT2D eigenvalue weighted by molar-refractivity contribution is 6.30. The first-order valence-corrected chi connectivity index (χ1v) is 6.89. The summed E-state index contributed by atoms with van der Waals surface area (Å²) in [4.78, 5) is 8.99. The third-order valence-electron chi connectivity index (χ3n) is 3.36. The fourth-order valence-electron chi connectivity index (χ4n) is 2.34. The zero-order valence-electron chi connectivity index (χ0n) is 11.2. The Morgan fingerprint density at radius 3 is 3.00 bits per heavy atom. The molecule has 0 spiro atoms. The summed E-state index contributed by atoms with van der Waals surface area (Å²) in [6.07, 6.45) is 1.40. The van der Waals surface area contributed by atoms with Gasteiger partial charge in [0, 0.05) is 24.0 Å². The SMILES string of the molecule is COc1ccccc1Cc1nc(Cl)c2c(n1)CCOC2. The smallest absolute Gasteiger partial charge is 0.138 e. The van der Waals surface area contributed by atoms with Gasteiger partial charge in [0.05, 0.1) is 26.0 Å². The first kappa shape index (κ1) is 13.3. The summed E-state index contributed by atoms with van der Waals surface area (Å²) < 4.78 is 10.7. The van der Waals surface area contributed by atoms with E-state index in [2.05, 4.69) is 9.97 Å². The van der Waals surface area contributed by atoms with Gasteiger partial charge < -0.3 is 9.47 Å². The van der Waals surface area contributed by atoms with Gasteiger partial charge in [-0.2, -0.15) is 0 Å². The minimum absolute atomic E-state index is 0.500. The molecular formula is C15H15ClN2O2. The van der Waals surface area contributed by atoms with E-state index in [-0.39, 0.29) is 0 Å². The molecule has 1 aliphatic heterocycles. The maximum atomic E-state index is 6.22. The number of nitrogens with zero attached hydrogens (tertiary/aromatic N) is 2. The van der Waals surface area contributed by atoms with E-state index in [0.29, 0.717) is 24.8 Å². The van der Waals surface area contributed by atoms with Gasteiger partial charge in [-0.15, -0.1) is 0 Å². The lowest BCUT2D eigenvalue weighted by Crippen LogP contribution is -2.15. The minimum Gasteiger partial charge on any atom is -0.496 e. The Balaban J connectivity index is 1.93. The summed E-state index contributed by atoms with van der Waals surface area (Å²) in [6.45, 7) is 1.19. The number of benzene rings is 1. The molecule has 0 saturated heterocycles. The van der Waals surface area contributed by atoms with Gasteiger partial charge in [0.15, 0.2) is 0 Å². The van der Waals surface area contributed by atoms with Crippen molar-refractivity contribution in [2.75, 3.05) is 13.7 Å². The molecule has 5 heteroatoms. The van der Waals surface area contributed by atoms with E-state index in [4.69, 9.17) is 21.1 Å². The lowest BCUT2D eigenvalue weighted by molar-refractivity contribution is 0.109. The monoisotopic (exact) mass is 290 g/mol. The molecule has 0 unspecified atom stereocenters. The summed E-state index contributed by atoms with van der Waals surface area (Å²) in [5.74, 6) is 1.56. The normalized spacial score (nSPS) is 13.9. The van der Waals surface area contributed by atoms with Crippen LogP contribution in [0.2, 0.25) is 5.15 Å². The van der Waals surface area contributed by atoms with E-state index in [1.165, 1.54) is 0 Å². The van der Waals surface area contributed by atoms with Crippen molar-refractivity contribution in [1.82, 2.24) is 9.97 Å². The number of rotatable bonds is 3. The van der Waals surface area contributed by atoms with Gasteiger partial charge in [-0.3, -0.25) is 0 Å². The Bertz CT molecular complexity index is 631. The van der Waals surface area contributed by atoms with E-state index in [1.807, 2.05) is 24.3 Å². The van der Waals surface area contributed by atoms with E-state index < -0.39 is 0 Å². The summed E-state index contributed by atoms with van der Waals surface area (Å²) in [6, 6.07) is 7.87. The Kier molecular flexibility index (Phi) is 3.85. The van der Waals surface area contributed by atoms with Crippen LogP contribution in [-0.2, 0) is 24.2 Å². The van der Waals surface area contributed by atoms with Gasteiger partial charge in [-0.25, -0.2) is 9.97 Å². The van der Waals surface area contributed by atoms with Gasteiger partial charge in [0.1, 0.15) is 16.7 Å². The molecule has 4 nitrogen and oxygen atoms in total. The fraction of sp³-hybridized carbons (Fsp3) is 0.333. The van der Waals surface area contributed by atoms with E-state index in [1.54, 1.807) is 7.11 Å². The number of hydrogen-bond acceptors (Lipinski definition) is 4. The highest BCUT2D eigenvalue weighted by atomic mass is 35.5. The zero-order valence-corrected chi connectivity index (χ0v) is 12.0. The number of hydrogen-bond donors (Lipinski definition) is 0. The molecule has 2 aromatic rings. The number of ether oxygens (including phenoxy) is 2. The molecule has 20 heavy (non-hydrogen) atoms. The molecule has 0 fully saturated rings. The lowest BCUT2D eigenvalue weighted by atomic mass is 10.1. The minimum atomic E-state index is 0.500. The fourth-order valence-corrected chi connectivity index (χ4v) is 2.60. The first-order chi connectivity index (χ1) is 9.78. The van der Waals surface area contributed by atoms with Crippen molar-refractivity contribution in [3.8, 4) is 5.75 Å². The quantitative estimate of drug-likeness (QED) is 0.816. The molecule has 1 aromatic carbocycles. The Morgan fingerprint density at radius 2 is 2.15 bits per heavy atom. The molecule has 104 valence electrons. The molecule has 2 heterocycles. The van der Waals surface area contributed by atoms with Crippen molar-refractivity contribution in [2.45, 2.75) is 19.4 Å². The zero-order chi connectivity index (χ0) is 13.9. The van der Waals surface area contributed by atoms with Crippen LogP contribution < -0.4 is 4.74 Å². The van der Waals surface area contributed by atoms with Crippen LogP contribution in [0.25, 0.3) is 0 Å². The van der Waals surface area contributed by atoms with Crippen molar-refractivity contribution in [3.63, 3.8) is 0 Å². The largest absolute Gasteiger partial charge is 0.496 e.